The van der Waals surface area contributed by atoms with Crippen molar-refractivity contribution in [2.75, 3.05) is 33.3 Å². The highest BCUT2D eigenvalue weighted by atomic mass is 19.1. The Morgan fingerprint density at radius 1 is 1.21 bits per heavy atom. The predicted molar refractivity (Wildman–Crippen MR) is 70.3 cm³/mol. The Morgan fingerprint density at radius 3 is 2.42 bits per heavy atom. The molecule has 0 amide bonds. The number of nitrogens with one attached hydrogen (secondary N) is 1. The lowest BCUT2D eigenvalue weighted by Gasteiger charge is -2.15. The van der Waals surface area contributed by atoms with Crippen LogP contribution in [0.1, 0.15) is 18.4 Å². The van der Waals surface area contributed by atoms with Crippen LogP contribution < -0.4 is 10.1 Å². The first kappa shape index (κ1) is 14.2. The number of nitrogens with zero attached hydrogens (tertiary/aromatic N) is 1. The van der Waals surface area contributed by atoms with Crippen molar-refractivity contribution in [1.82, 2.24) is 10.2 Å². The summed E-state index contributed by atoms with van der Waals surface area (Å²) in [5, 5.41) is 2.86. The van der Waals surface area contributed by atoms with Crippen LogP contribution in [0.5, 0.6) is 5.75 Å². The van der Waals surface area contributed by atoms with E-state index in [1.165, 1.54) is 25.0 Å². The van der Waals surface area contributed by atoms with E-state index in [4.69, 9.17) is 4.74 Å². The van der Waals surface area contributed by atoms with Crippen molar-refractivity contribution in [2.24, 2.45) is 0 Å². The first-order chi connectivity index (χ1) is 9.20. The minimum absolute atomic E-state index is 0.265. The summed E-state index contributed by atoms with van der Waals surface area (Å²) in [5.74, 6) is -1.53. The molecular weight excluding hydrogens is 250 g/mol. The predicted octanol–water partition coefficient (Wildman–Crippen LogP) is 2.16. The van der Waals surface area contributed by atoms with Crippen LogP contribution in [0.4, 0.5) is 8.78 Å². The monoisotopic (exact) mass is 270 g/mol. The van der Waals surface area contributed by atoms with Gasteiger partial charge >= 0.3 is 0 Å². The maximum absolute atomic E-state index is 13.7. The van der Waals surface area contributed by atoms with Crippen LogP contribution in [0.3, 0.4) is 0 Å². The van der Waals surface area contributed by atoms with Gasteiger partial charge in [0.05, 0.1) is 0 Å². The summed E-state index contributed by atoms with van der Waals surface area (Å²) in [6.45, 7) is 3.57. The Hall–Kier alpha value is -1.20. The van der Waals surface area contributed by atoms with E-state index >= 15 is 0 Å². The van der Waals surface area contributed by atoms with Crippen molar-refractivity contribution in [3.8, 4) is 5.75 Å². The molecule has 1 saturated heterocycles. The lowest BCUT2D eigenvalue weighted by atomic mass is 10.2. The van der Waals surface area contributed by atoms with Gasteiger partial charge in [-0.05, 0) is 50.7 Å². The second-order valence-corrected chi connectivity index (χ2v) is 4.82. The molecule has 1 aliphatic rings. The largest absolute Gasteiger partial charge is 0.486 e. The topological polar surface area (TPSA) is 24.5 Å². The van der Waals surface area contributed by atoms with E-state index in [1.807, 2.05) is 0 Å². The van der Waals surface area contributed by atoms with Crippen LogP contribution in [0.2, 0.25) is 0 Å². The number of rotatable bonds is 6. The molecule has 19 heavy (non-hydrogen) atoms. The van der Waals surface area contributed by atoms with Crippen LogP contribution in [0, 0.1) is 11.6 Å². The van der Waals surface area contributed by atoms with Crippen LogP contribution in [-0.4, -0.2) is 38.2 Å². The Bertz CT molecular complexity index is 397. The second-order valence-electron chi connectivity index (χ2n) is 4.82. The van der Waals surface area contributed by atoms with Gasteiger partial charge in [0.1, 0.15) is 6.61 Å². The van der Waals surface area contributed by atoms with E-state index in [9.17, 15) is 8.78 Å². The SMILES string of the molecule is CNCc1cc(F)c(OCCN2CCCC2)c(F)c1. The van der Waals surface area contributed by atoms with Gasteiger partial charge in [-0.25, -0.2) is 8.78 Å². The number of halogens is 2. The molecule has 0 radical (unpaired) electrons. The maximum atomic E-state index is 13.7. The zero-order valence-electron chi connectivity index (χ0n) is 11.2. The molecule has 0 atom stereocenters. The standard InChI is InChI=1S/C14H20F2N2O/c1-17-10-11-8-12(15)14(13(16)9-11)19-7-6-18-4-2-3-5-18/h8-9,17H,2-7,10H2,1H3. The van der Waals surface area contributed by atoms with Gasteiger partial charge < -0.3 is 10.1 Å². The quantitative estimate of drug-likeness (QED) is 0.857. The van der Waals surface area contributed by atoms with Gasteiger partial charge in [-0.2, -0.15) is 0 Å². The summed E-state index contributed by atoms with van der Waals surface area (Å²) in [6.07, 6.45) is 2.39. The number of likely N-dealkylation sites (tertiary alicyclic amines) is 1. The molecule has 5 heteroatoms. The van der Waals surface area contributed by atoms with E-state index in [1.54, 1.807) is 7.05 Å². The lowest BCUT2D eigenvalue weighted by Crippen LogP contribution is -2.25. The van der Waals surface area contributed by atoms with E-state index in [0.29, 0.717) is 18.7 Å². The molecule has 1 aromatic carbocycles. The Kier molecular flexibility index (Phi) is 5.10. The summed E-state index contributed by atoms with van der Waals surface area (Å²) in [7, 11) is 1.73. The zero-order chi connectivity index (χ0) is 13.7. The Morgan fingerprint density at radius 2 is 1.84 bits per heavy atom. The van der Waals surface area contributed by atoms with Gasteiger partial charge in [-0.15, -0.1) is 0 Å². The average molecular weight is 270 g/mol. The molecule has 3 nitrogen and oxygen atoms in total. The third kappa shape index (κ3) is 3.88. The highest BCUT2D eigenvalue weighted by Crippen LogP contribution is 2.23. The van der Waals surface area contributed by atoms with Crippen molar-refractivity contribution >= 4 is 0 Å². The molecule has 1 heterocycles. The third-order valence-corrected chi connectivity index (χ3v) is 3.29. The van der Waals surface area contributed by atoms with Crippen molar-refractivity contribution in [1.29, 1.82) is 0 Å². The highest BCUT2D eigenvalue weighted by Gasteiger charge is 2.14. The van der Waals surface area contributed by atoms with Crippen molar-refractivity contribution in [3.63, 3.8) is 0 Å². The fourth-order valence-electron chi connectivity index (χ4n) is 2.34. The molecule has 0 saturated carbocycles. The van der Waals surface area contributed by atoms with Gasteiger partial charge in [0.2, 0.25) is 0 Å². The molecule has 1 fully saturated rings. The normalized spacial score (nSPS) is 15.9. The Labute approximate surface area is 112 Å². The number of hydrogen-bond acceptors (Lipinski definition) is 3. The van der Waals surface area contributed by atoms with Gasteiger partial charge in [0, 0.05) is 13.1 Å². The molecule has 1 aliphatic heterocycles. The van der Waals surface area contributed by atoms with Crippen molar-refractivity contribution in [2.45, 2.75) is 19.4 Å². The van der Waals surface area contributed by atoms with Crippen LogP contribution in [-0.2, 0) is 6.54 Å². The number of benzene rings is 1. The molecule has 2 rings (SSSR count). The summed E-state index contributed by atoms with van der Waals surface area (Å²) in [6, 6.07) is 2.62. The minimum atomic E-state index is -0.633. The van der Waals surface area contributed by atoms with Crippen LogP contribution in [0.15, 0.2) is 12.1 Å². The maximum Gasteiger partial charge on any atom is 0.190 e. The molecule has 0 spiro atoms. The zero-order valence-corrected chi connectivity index (χ0v) is 11.2. The summed E-state index contributed by atoms with van der Waals surface area (Å²) >= 11 is 0. The molecular formula is C14H20F2N2O. The first-order valence-electron chi connectivity index (χ1n) is 6.68. The lowest BCUT2D eigenvalue weighted by molar-refractivity contribution is 0.223. The highest BCUT2D eigenvalue weighted by molar-refractivity contribution is 5.31. The van der Waals surface area contributed by atoms with Crippen LogP contribution in [0.25, 0.3) is 0 Å². The molecule has 1 N–H and O–H groups in total. The first-order valence-corrected chi connectivity index (χ1v) is 6.68. The fourth-order valence-corrected chi connectivity index (χ4v) is 2.34. The Balaban J connectivity index is 1.91. The van der Waals surface area contributed by atoms with Gasteiger partial charge in [0.25, 0.3) is 0 Å². The van der Waals surface area contributed by atoms with Gasteiger partial charge in [-0.1, -0.05) is 0 Å². The van der Waals surface area contributed by atoms with Crippen molar-refractivity contribution < 1.29 is 13.5 Å². The van der Waals surface area contributed by atoms with E-state index < -0.39 is 11.6 Å². The van der Waals surface area contributed by atoms with E-state index in [-0.39, 0.29) is 5.75 Å². The fraction of sp³-hybridized carbons (Fsp3) is 0.571. The van der Waals surface area contributed by atoms with Crippen LogP contribution >= 0.6 is 0 Å². The molecule has 0 unspecified atom stereocenters. The number of hydrogen-bond donors (Lipinski definition) is 1. The van der Waals surface area contributed by atoms with Crippen molar-refractivity contribution in [3.05, 3.63) is 29.3 Å². The smallest absolute Gasteiger partial charge is 0.190 e. The molecule has 1 aromatic rings. The molecule has 0 bridgehead atoms. The van der Waals surface area contributed by atoms with E-state index in [2.05, 4.69) is 10.2 Å². The summed E-state index contributed by atoms with van der Waals surface area (Å²) in [4.78, 5) is 2.24. The number of ether oxygens (including phenoxy) is 1. The van der Waals surface area contributed by atoms with E-state index in [0.717, 1.165) is 19.6 Å². The minimum Gasteiger partial charge on any atom is -0.486 e. The molecule has 0 aliphatic carbocycles. The molecule has 0 aromatic heterocycles. The van der Waals surface area contributed by atoms with Gasteiger partial charge in [-0.3, -0.25) is 4.90 Å². The second kappa shape index (κ2) is 6.82. The third-order valence-electron chi connectivity index (χ3n) is 3.29. The average Bonchev–Trinajstić information content (AvgIpc) is 2.86. The summed E-state index contributed by atoms with van der Waals surface area (Å²) < 4.78 is 32.7. The summed E-state index contributed by atoms with van der Waals surface area (Å²) in [5.41, 5.74) is 0.574. The van der Waals surface area contributed by atoms with Gasteiger partial charge in [0.15, 0.2) is 17.4 Å². The molecule has 106 valence electrons.